The number of esters is 1. The highest BCUT2D eigenvalue weighted by molar-refractivity contribution is 5.90. The van der Waals surface area contributed by atoms with Gasteiger partial charge in [-0.05, 0) is 18.6 Å². The van der Waals surface area contributed by atoms with Crippen molar-refractivity contribution in [2.24, 2.45) is 0 Å². The third kappa shape index (κ3) is 3.56. The molecule has 0 unspecified atom stereocenters. The average molecular weight is 291 g/mol. The zero-order valence-electron chi connectivity index (χ0n) is 11.7. The van der Waals surface area contributed by atoms with Crippen LogP contribution in [0.15, 0.2) is 36.4 Å². The van der Waals surface area contributed by atoms with Crippen molar-refractivity contribution in [3.05, 3.63) is 64.7 Å². The lowest BCUT2D eigenvalue weighted by Crippen LogP contribution is -2.08. The molecule has 0 aliphatic rings. The van der Waals surface area contributed by atoms with Crippen molar-refractivity contribution in [1.29, 1.82) is 0 Å². The second kappa shape index (κ2) is 6.35. The summed E-state index contributed by atoms with van der Waals surface area (Å²) in [5.41, 5.74) is 1.83. The lowest BCUT2D eigenvalue weighted by Gasteiger charge is -2.10. The monoisotopic (exact) mass is 291 g/mol. The van der Waals surface area contributed by atoms with Crippen LogP contribution < -0.4 is 5.32 Å². The third-order valence-corrected chi connectivity index (χ3v) is 3.07. The van der Waals surface area contributed by atoms with Crippen LogP contribution >= 0.6 is 0 Å². The van der Waals surface area contributed by atoms with Gasteiger partial charge in [0.05, 0.1) is 18.4 Å². The highest BCUT2D eigenvalue weighted by Gasteiger charge is 2.16. The van der Waals surface area contributed by atoms with E-state index in [1.807, 2.05) is 31.2 Å². The number of hydrogen-bond acceptors (Lipinski definition) is 3. The Morgan fingerprint density at radius 1 is 1.14 bits per heavy atom. The molecule has 2 rings (SSSR count). The number of nitrogens with one attached hydrogen (secondary N) is 1. The first-order chi connectivity index (χ1) is 10.0. The van der Waals surface area contributed by atoms with Crippen LogP contribution in [0.1, 0.15) is 21.5 Å². The van der Waals surface area contributed by atoms with Crippen molar-refractivity contribution in [2.45, 2.75) is 13.5 Å². The summed E-state index contributed by atoms with van der Waals surface area (Å²) in [4.78, 5) is 11.4. The molecule has 0 aliphatic carbocycles. The Hall–Kier alpha value is -2.43. The van der Waals surface area contributed by atoms with Gasteiger partial charge in [-0.2, -0.15) is 0 Å². The zero-order chi connectivity index (χ0) is 15.4. The van der Waals surface area contributed by atoms with Crippen molar-refractivity contribution in [3.63, 3.8) is 0 Å². The van der Waals surface area contributed by atoms with E-state index in [2.05, 4.69) is 10.1 Å². The van der Waals surface area contributed by atoms with Crippen LogP contribution in [-0.2, 0) is 11.3 Å². The number of aryl methyl sites for hydroxylation is 1. The zero-order valence-corrected chi connectivity index (χ0v) is 11.7. The number of rotatable bonds is 4. The second-order valence-electron chi connectivity index (χ2n) is 4.64. The van der Waals surface area contributed by atoms with E-state index in [-0.39, 0.29) is 11.3 Å². The van der Waals surface area contributed by atoms with E-state index in [1.165, 1.54) is 0 Å². The Morgan fingerprint density at radius 3 is 2.43 bits per heavy atom. The predicted octanol–water partition coefficient (Wildman–Crippen LogP) is 3.67. The van der Waals surface area contributed by atoms with Gasteiger partial charge in [0.25, 0.3) is 0 Å². The lowest BCUT2D eigenvalue weighted by molar-refractivity contribution is 0.0595. The van der Waals surface area contributed by atoms with Crippen molar-refractivity contribution in [2.75, 3.05) is 12.4 Å². The van der Waals surface area contributed by atoms with E-state index >= 15 is 0 Å². The topological polar surface area (TPSA) is 38.3 Å². The molecule has 2 aromatic carbocycles. The van der Waals surface area contributed by atoms with Gasteiger partial charge in [0.1, 0.15) is 11.6 Å². The fraction of sp³-hybridized carbons (Fsp3) is 0.188. The minimum absolute atomic E-state index is 0.0531. The van der Waals surface area contributed by atoms with E-state index < -0.39 is 17.6 Å². The van der Waals surface area contributed by atoms with Crippen molar-refractivity contribution < 1.29 is 18.3 Å². The first-order valence-electron chi connectivity index (χ1n) is 6.38. The lowest BCUT2D eigenvalue weighted by atomic mass is 10.1. The molecule has 0 spiro atoms. The number of anilines is 1. The number of carbonyl (C=O) groups excluding carboxylic acids is 1. The largest absolute Gasteiger partial charge is 0.465 e. The SMILES string of the molecule is COC(=O)c1cc(NCc2ccc(C)cc2)c(F)cc1F. The number of hydrogen-bond donors (Lipinski definition) is 1. The van der Waals surface area contributed by atoms with Crippen molar-refractivity contribution in [3.8, 4) is 0 Å². The van der Waals surface area contributed by atoms with Gasteiger partial charge >= 0.3 is 5.97 Å². The summed E-state index contributed by atoms with van der Waals surface area (Å²) in [6.07, 6.45) is 0. The van der Waals surface area contributed by atoms with Gasteiger partial charge in [0, 0.05) is 12.6 Å². The van der Waals surface area contributed by atoms with Crippen LogP contribution in [0.4, 0.5) is 14.5 Å². The Labute approximate surface area is 121 Å². The van der Waals surface area contributed by atoms with E-state index in [9.17, 15) is 13.6 Å². The number of benzene rings is 2. The maximum absolute atomic E-state index is 13.7. The van der Waals surface area contributed by atoms with Crippen LogP contribution in [0.2, 0.25) is 0 Å². The standard InChI is InChI=1S/C16H15F2NO2/c1-10-3-5-11(6-4-10)9-19-15-7-12(16(20)21-2)13(17)8-14(15)18/h3-8,19H,9H2,1-2H3. The van der Waals surface area contributed by atoms with Crippen LogP contribution in [0.3, 0.4) is 0 Å². The molecule has 0 amide bonds. The minimum Gasteiger partial charge on any atom is -0.465 e. The summed E-state index contributed by atoms with van der Waals surface area (Å²) in [6.45, 7) is 2.34. The molecule has 3 nitrogen and oxygen atoms in total. The molecule has 0 saturated heterocycles. The molecule has 0 aliphatic heterocycles. The molecule has 21 heavy (non-hydrogen) atoms. The van der Waals surface area contributed by atoms with Gasteiger partial charge in [0.2, 0.25) is 0 Å². The summed E-state index contributed by atoms with van der Waals surface area (Å²) in [5.74, 6) is -2.54. The van der Waals surface area contributed by atoms with E-state index in [4.69, 9.17) is 0 Å². The molecule has 2 aromatic rings. The Kier molecular flexibility index (Phi) is 4.52. The first-order valence-corrected chi connectivity index (χ1v) is 6.38. The number of carbonyl (C=O) groups is 1. The minimum atomic E-state index is -0.944. The molecular formula is C16H15F2NO2. The quantitative estimate of drug-likeness (QED) is 0.873. The molecule has 0 fully saturated rings. The smallest absolute Gasteiger partial charge is 0.340 e. The molecule has 0 aromatic heterocycles. The van der Waals surface area contributed by atoms with E-state index in [0.717, 1.165) is 24.3 Å². The van der Waals surface area contributed by atoms with Crippen LogP contribution in [0.25, 0.3) is 0 Å². The van der Waals surface area contributed by atoms with Gasteiger partial charge < -0.3 is 10.1 Å². The summed E-state index contributed by atoms with van der Waals surface area (Å²) in [5, 5.41) is 2.85. The van der Waals surface area contributed by atoms with Crippen LogP contribution in [0.5, 0.6) is 0 Å². The molecule has 0 heterocycles. The van der Waals surface area contributed by atoms with Gasteiger partial charge in [0.15, 0.2) is 0 Å². The molecule has 0 radical (unpaired) electrons. The van der Waals surface area contributed by atoms with Gasteiger partial charge in [-0.15, -0.1) is 0 Å². The molecular weight excluding hydrogens is 276 g/mol. The second-order valence-corrected chi connectivity index (χ2v) is 4.64. The highest BCUT2D eigenvalue weighted by Crippen LogP contribution is 2.21. The molecule has 1 N–H and O–H groups in total. The van der Waals surface area contributed by atoms with Gasteiger partial charge in [-0.25, -0.2) is 13.6 Å². The van der Waals surface area contributed by atoms with Gasteiger partial charge in [-0.3, -0.25) is 0 Å². The Morgan fingerprint density at radius 2 is 1.81 bits per heavy atom. The maximum atomic E-state index is 13.7. The van der Waals surface area contributed by atoms with E-state index in [0.29, 0.717) is 12.6 Å². The third-order valence-electron chi connectivity index (χ3n) is 3.07. The fourth-order valence-corrected chi connectivity index (χ4v) is 1.85. The molecule has 110 valence electrons. The fourth-order valence-electron chi connectivity index (χ4n) is 1.85. The Bertz CT molecular complexity index is 654. The van der Waals surface area contributed by atoms with Crippen molar-refractivity contribution in [1.82, 2.24) is 0 Å². The molecule has 0 saturated carbocycles. The van der Waals surface area contributed by atoms with Crippen molar-refractivity contribution >= 4 is 11.7 Å². The van der Waals surface area contributed by atoms with Gasteiger partial charge in [-0.1, -0.05) is 29.8 Å². The highest BCUT2D eigenvalue weighted by atomic mass is 19.1. The number of ether oxygens (including phenoxy) is 1. The predicted molar refractivity (Wildman–Crippen MR) is 76.2 cm³/mol. The maximum Gasteiger partial charge on any atom is 0.340 e. The van der Waals surface area contributed by atoms with E-state index in [1.54, 1.807) is 0 Å². The first kappa shape index (κ1) is 15.0. The normalized spacial score (nSPS) is 10.3. The molecule has 5 heteroatoms. The summed E-state index contributed by atoms with van der Waals surface area (Å²) >= 11 is 0. The summed E-state index contributed by atoms with van der Waals surface area (Å²) in [6, 6.07) is 9.49. The van der Waals surface area contributed by atoms with Crippen LogP contribution in [-0.4, -0.2) is 13.1 Å². The van der Waals surface area contributed by atoms with Crippen LogP contribution in [0, 0.1) is 18.6 Å². The Balaban J connectivity index is 2.19. The number of halogens is 2. The summed E-state index contributed by atoms with van der Waals surface area (Å²) in [7, 11) is 1.14. The molecule has 0 atom stereocenters. The average Bonchev–Trinajstić information content (AvgIpc) is 2.47. The summed E-state index contributed by atoms with van der Waals surface area (Å²) < 4.78 is 31.7. The number of methoxy groups -OCH3 is 1. The molecule has 0 bridgehead atoms.